The van der Waals surface area contributed by atoms with E-state index in [2.05, 4.69) is 10.6 Å². The first-order valence-electron chi connectivity index (χ1n) is 5.89. The van der Waals surface area contributed by atoms with Gasteiger partial charge in [0.15, 0.2) is 0 Å². The molecule has 0 unspecified atom stereocenters. The predicted octanol–water partition coefficient (Wildman–Crippen LogP) is 0.230. The van der Waals surface area contributed by atoms with Crippen LogP contribution in [0.25, 0.3) is 0 Å². The van der Waals surface area contributed by atoms with E-state index in [1.54, 1.807) is 24.3 Å². The highest BCUT2D eigenvalue weighted by atomic mass is 16.5. The number of piperidine rings is 1. The Bertz CT molecular complexity index is 527. The van der Waals surface area contributed by atoms with E-state index in [0.29, 0.717) is 17.7 Å². The second-order valence-electron chi connectivity index (χ2n) is 4.18. The lowest BCUT2D eigenvalue weighted by atomic mass is 10.1. The van der Waals surface area contributed by atoms with E-state index in [1.165, 1.54) is 7.11 Å². The zero-order valence-corrected chi connectivity index (χ0v) is 10.4. The van der Waals surface area contributed by atoms with Gasteiger partial charge in [-0.15, -0.1) is 0 Å². The van der Waals surface area contributed by atoms with Crippen LogP contribution < -0.4 is 15.4 Å². The van der Waals surface area contributed by atoms with Gasteiger partial charge >= 0.3 is 0 Å². The van der Waals surface area contributed by atoms with Crippen LogP contribution in [-0.4, -0.2) is 30.9 Å². The van der Waals surface area contributed by atoms with Crippen molar-refractivity contribution in [1.82, 2.24) is 10.6 Å². The van der Waals surface area contributed by atoms with Crippen molar-refractivity contribution in [3.63, 3.8) is 0 Å². The Morgan fingerprint density at radius 1 is 1.37 bits per heavy atom. The summed E-state index contributed by atoms with van der Waals surface area (Å²) in [5.74, 6) is -0.744. The number of para-hydroxylation sites is 1. The first-order chi connectivity index (χ1) is 9.11. The van der Waals surface area contributed by atoms with E-state index < -0.39 is 17.9 Å². The summed E-state index contributed by atoms with van der Waals surface area (Å²) in [7, 11) is 1.47. The lowest BCUT2D eigenvalue weighted by Gasteiger charge is -2.22. The van der Waals surface area contributed by atoms with Crippen molar-refractivity contribution < 1.29 is 19.1 Å². The minimum atomic E-state index is -0.685. The molecule has 0 aromatic heterocycles. The number of benzene rings is 1. The van der Waals surface area contributed by atoms with Gasteiger partial charge in [-0.2, -0.15) is 0 Å². The number of nitrogens with one attached hydrogen (secondary N) is 2. The van der Waals surface area contributed by atoms with Gasteiger partial charge < -0.3 is 10.1 Å². The van der Waals surface area contributed by atoms with E-state index in [0.717, 1.165) is 0 Å². The van der Waals surface area contributed by atoms with Crippen LogP contribution in [0.5, 0.6) is 5.75 Å². The van der Waals surface area contributed by atoms with Gasteiger partial charge in [-0.05, 0) is 18.6 Å². The molecule has 0 radical (unpaired) electrons. The number of rotatable bonds is 3. The Morgan fingerprint density at radius 3 is 2.79 bits per heavy atom. The largest absolute Gasteiger partial charge is 0.496 e. The summed E-state index contributed by atoms with van der Waals surface area (Å²) in [5.41, 5.74) is 0.356. The van der Waals surface area contributed by atoms with Gasteiger partial charge in [0, 0.05) is 6.42 Å². The average Bonchev–Trinajstić information content (AvgIpc) is 2.41. The number of imide groups is 1. The molecule has 6 nitrogen and oxygen atoms in total. The predicted molar refractivity (Wildman–Crippen MR) is 66.6 cm³/mol. The quantitative estimate of drug-likeness (QED) is 0.764. The molecule has 1 aliphatic heterocycles. The Kier molecular flexibility index (Phi) is 3.79. The molecule has 2 rings (SSSR count). The molecule has 1 atom stereocenters. The van der Waals surface area contributed by atoms with Crippen molar-refractivity contribution in [2.45, 2.75) is 18.9 Å². The monoisotopic (exact) mass is 262 g/mol. The Labute approximate surface area is 110 Å². The van der Waals surface area contributed by atoms with E-state index in [1.807, 2.05) is 0 Å². The van der Waals surface area contributed by atoms with E-state index in [-0.39, 0.29) is 12.3 Å². The maximum atomic E-state index is 12.1. The van der Waals surface area contributed by atoms with Crippen molar-refractivity contribution in [2.24, 2.45) is 0 Å². The van der Waals surface area contributed by atoms with Gasteiger partial charge in [0.05, 0.1) is 12.7 Å². The van der Waals surface area contributed by atoms with Crippen molar-refractivity contribution >= 4 is 17.7 Å². The number of carbonyl (C=O) groups is 3. The zero-order chi connectivity index (χ0) is 13.8. The number of methoxy groups -OCH3 is 1. The molecule has 2 N–H and O–H groups in total. The summed E-state index contributed by atoms with van der Waals surface area (Å²) in [6, 6.07) is 6.05. The lowest BCUT2D eigenvalue weighted by Crippen LogP contribution is -2.52. The molecule has 1 aliphatic rings. The second-order valence-corrected chi connectivity index (χ2v) is 4.18. The van der Waals surface area contributed by atoms with E-state index in [9.17, 15) is 14.4 Å². The molecule has 0 saturated carbocycles. The zero-order valence-electron chi connectivity index (χ0n) is 10.4. The normalized spacial score (nSPS) is 18.7. The third kappa shape index (κ3) is 2.90. The van der Waals surface area contributed by atoms with Crippen molar-refractivity contribution in [2.75, 3.05) is 7.11 Å². The number of ether oxygens (including phenoxy) is 1. The molecule has 0 spiro atoms. The summed E-state index contributed by atoms with van der Waals surface area (Å²) in [4.78, 5) is 34.6. The highest BCUT2D eigenvalue weighted by Crippen LogP contribution is 2.17. The van der Waals surface area contributed by atoms with E-state index in [4.69, 9.17) is 4.74 Å². The molecule has 100 valence electrons. The highest BCUT2D eigenvalue weighted by Gasteiger charge is 2.28. The average molecular weight is 262 g/mol. The maximum Gasteiger partial charge on any atom is 0.255 e. The van der Waals surface area contributed by atoms with Gasteiger partial charge in [-0.3, -0.25) is 19.7 Å². The SMILES string of the molecule is COc1ccccc1C(=O)N[C@H]1CCC(=O)NC1=O. The van der Waals surface area contributed by atoms with Gasteiger partial charge in [0.25, 0.3) is 5.91 Å². The second kappa shape index (κ2) is 5.51. The molecule has 19 heavy (non-hydrogen) atoms. The van der Waals surface area contributed by atoms with Crippen LogP contribution in [-0.2, 0) is 9.59 Å². The molecule has 1 aromatic rings. The topological polar surface area (TPSA) is 84.5 Å². The first kappa shape index (κ1) is 13.1. The molecule has 1 fully saturated rings. The molecule has 1 aromatic carbocycles. The fourth-order valence-electron chi connectivity index (χ4n) is 1.90. The molecule has 3 amide bonds. The number of carbonyl (C=O) groups excluding carboxylic acids is 3. The van der Waals surface area contributed by atoms with Crippen LogP contribution in [0.2, 0.25) is 0 Å². The fraction of sp³-hybridized carbons (Fsp3) is 0.308. The fourth-order valence-corrected chi connectivity index (χ4v) is 1.90. The molecular formula is C13H14N2O4. The third-order valence-corrected chi connectivity index (χ3v) is 2.90. The molecule has 0 bridgehead atoms. The molecule has 1 saturated heterocycles. The van der Waals surface area contributed by atoms with Gasteiger partial charge in [-0.25, -0.2) is 0 Å². The van der Waals surface area contributed by atoms with Gasteiger partial charge in [0.2, 0.25) is 11.8 Å². The molecule has 1 heterocycles. The maximum absolute atomic E-state index is 12.1. The minimum Gasteiger partial charge on any atom is -0.496 e. The van der Waals surface area contributed by atoms with Crippen LogP contribution in [0.15, 0.2) is 24.3 Å². The summed E-state index contributed by atoms with van der Waals surface area (Å²) in [6.07, 6.45) is 0.536. The van der Waals surface area contributed by atoms with Crippen LogP contribution in [0.3, 0.4) is 0 Å². The Hall–Kier alpha value is -2.37. The van der Waals surface area contributed by atoms with Crippen molar-refractivity contribution in [3.8, 4) is 5.75 Å². The molecule has 0 aliphatic carbocycles. The van der Waals surface area contributed by atoms with Crippen LogP contribution in [0, 0.1) is 0 Å². The summed E-state index contributed by atoms with van der Waals surface area (Å²) in [5, 5.41) is 4.79. The lowest BCUT2D eigenvalue weighted by molar-refractivity contribution is -0.134. The van der Waals surface area contributed by atoms with Crippen LogP contribution in [0.4, 0.5) is 0 Å². The number of hydrogen-bond donors (Lipinski definition) is 2. The number of amides is 3. The summed E-state index contributed by atoms with van der Waals surface area (Å²) >= 11 is 0. The molecule has 6 heteroatoms. The standard InChI is InChI=1S/C13H14N2O4/c1-19-10-5-3-2-4-8(10)12(17)14-9-6-7-11(16)15-13(9)18/h2-5,9H,6-7H2,1H3,(H,14,17)(H,15,16,18)/t9-/m0/s1. The Morgan fingerprint density at radius 2 is 2.11 bits per heavy atom. The van der Waals surface area contributed by atoms with Crippen molar-refractivity contribution in [3.05, 3.63) is 29.8 Å². The van der Waals surface area contributed by atoms with Crippen molar-refractivity contribution in [1.29, 1.82) is 0 Å². The van der Waals surface area contributed by atoms with Crippen LogP contribution in [0.1, 0.15) is 23.2 Å². The summed E-state index contributed by atoms with van der Waals surface area (Å²) < 4.78 is 5.08. The highest BCUT2D eigenvalue weighted by molar-refractivity contribution is 6.04. The van der Waals surface area contributed by atoms with Gasteiger partial charge in [-0.1, -0.05) is 12.1 Å². The van der Waals surface area contributed by atoms with E-state index >= 15 is 0 Å². The minimum absolute atomic E-state index is 0.225. The summed E-state index contributed by atoms with van der Waals surface area (Å²) in [6.45, 7) is 0. The third-order valence-electron chi connectivity index (χ3n) is 2.90. The number of hydrogen-bond acceptors (Lipinski definition) is 4. The van der Waals surface area contributed by atoms with Gasteiger partial charge in [0.1, 0.15) is 11.8 Å². The van der Waals surface area contributed by atoms with Crippen LogP contribution >= 0.6 is 0 Å². The first-order valence-corrected chi connectivity index (χ1v) is 5.89. The smallest absolute Gasteiger partial charge is 0.255 e. The molecular weight excluding hydrogens is 248 g/mol. The Balaban J connectivity index is 2.09.